The maximum absolute atomic E-state index is 11.5. The number of primary amides is 1. The van der Waals surface area contributed by atoms with Gasteiger partial charge in [-0.05, 0) is 55.8 Å². The van der Waals surface area contributed by atoms with Crippen LogP contribution < -0.4 is 5.73 Å². The zero-order valence-corrected chi connectivity index (χ0v) is 12.4. The van der Waals surface area contributed by atoms with E-state index in [1.165, 1.54) is 32.1 Å². The molecule has 4 rings (SSSR count). The molecule has 0 saturated heterocycles. The van der Waals surface area contributed by atoms with Crippen LogP contribution >= 0.6 is 31.9 Å². The monoisotopic (exact) mass is 349 g/mol. The van der Waals surface area contributed by atoms with E-state index in [1.807, 2.05) is 0 Å². The van der Waals surface area contributed by atoms with Crippen LogP contribution in [0.25, 0.3) is 0 Å². The van der Waals surface area contributed by atoms with Crippen LogP contribution in [0.2, 0.25) is 0 Å². The van der Waals surface area contributed by atoms with Crippen LogP contribution in [0.3, 0.4) is 0 Å². The molecule has 0 aliphatic heterocycles. The fraction of sp³-hybridized carbons (Fsp3) is 0.917. The van der Waals surface area contributed by atoms with Crippen molar-refractivity contribution in [2.45, 2.75) is 47.7 Å². The number of nitrogens with two attached hydrogens (primary N) is 1. The third kappa shape index (κ3) is 1.59. The molecular weight excluding hydrogens is 334 g/mol. The number of halogens is 2. The molecule has 1 amide bonds. The largest absolute Gasteiger partial charge is 0.369 e. The van der Waals surface area contributed by atoms with E-state index in [9.17, 15) is 4.79 Å². The Balaban J connectivity index is 1.94. The number of rotatable bonds is 2. The van der Waals surface area contributed by atoms with Gasteiger partial charge in [0.2, 0.25) is 5.91 Å². The number of hydrogen-bond acceptors (Lipinski definition) is 1. The molecule has 0 aromatic rings. The molecule has 0 spiro atoms. The summed E-state index contributed by atoms with van der Waals surface area (Å²) in [5.41, 5.74) is 5.64. The van der Waals surface area contributed by atoms with Gasteiger partial charge in [0.05, 0.1) is 4.83 Å². The van der Waals surface area contributed by atoms with Crippen LogP contribution in [0.1, 0.15) is 38.5 Å². The van der Waals surface area contributed by atoms with E-state index in [1.54, 1.807) is 0 Å². The minimum Gasteiger partial charge on any atom is -0.369 e. The van der Waals surface area contributed by atoms with Crippen molar-refractivity contribution in [2.24, 2.45) is 23.0 Å². The summed E-state index contributed by atoms with van der Waals surface area (Å²) in [6.07, 6.45) is 7.46. The normalized spacial score (nSPS) is 51.6. The second kappa shape index (κ2) is 3.47. The van der Waals surface area contributed by atoms with Crippen LogP contribution in [0.4, 0.5) is 0 Å². The van der Waals surface area contributed by atoms with Gasteiger partial charge in [0.1, 0.15) is 0 Å². The first-order chi connectivity index (χ1) is 7.42. The number of hydrogen-bond donors (Lipinski definition) is 1. The molecule has 0 unspecified atom stereocenters. The molecule has 4 aliphatic carbocycles. The fourth-order valence-electron chi connectivity index (χ4n) is 4.82. The van der Waals surface area contributed by atoms with Crippen LogP contribution in [0.5, 0.6) is 0 Å². The minimum atomic E-state index is -0.182. The van der Waals surface area contributed by atoms with Crippen molar-refractivity contribution >= 4 is 37.8 Å². The molecule has 2 nitrogen and oxygen atoms in total. The molecule has 0 heterocycles. The maximum atomic E-state index is 11.5. The smallest absolute Gasteiger partial charge is 0.231 e. The first kappa shape index (κ1) is 11.5. The van der Waals surface area contributed by atoms with Crippen LogP contribution in [0, 0.1) is 17.3 Å². The highest BCUT2D eigenvalue weighted by molar-refractivity contribution is 9.10. The van der Waals surface area contributed by atoms with E-state index < -0.39 is 0 Å². The molecule has 4 fully saturated rings. The van der Waals surface area contributed by atoms with E-state index in [2.05, 4.69) is 31.9 Å². The van der Waals surface area contributed by atoms with Gasteiger partial charge in [0.25, 0.3) is 0 Å². The molecule has 3 atom stereocenters. The summed E-state index contributed by atoms with van der Waals surface area (Å²) in [7, 11) is 0. The van der Waals surface area contributed by atoms with Gasteiger partial charge in [0, 0.05) is 4.32 Å². The van der Waals surface area contributed by atoms with Gasteiger partial charge in [0.15, 0.2) is 0 Å². The average Bonchev–Trinajstić information content (AvgIpc) is 2.12. The van der Waals surface area contributed by atoms with Gasteiger partial charge < -0.3 is 5.73 Å². The van der Waals surface area contributed by atoms with Crippen LogP contribution in [0.15, 0.2) is 0 Å². The predicted molar refractivity (Wildman–Crippen MR) is 70.7 cm³/mol. The Morgan fingerprint density at radius 1 is 1.25 bits per heavy atom. The summed E-state index contributed by atoms with van der Waals surface area (Å²) < 4.78 is 0.304. The summed E-state index contributed by atoms with van der Waals surface area (Å²) in [5.74, 6) is 1.43. The van der Waals surface area contributed by atoms with Crippen molar-refractivity contribution < 1.29 is 4.79 Å². The third-order valence-electron chi connectivity index (χ3n) is 4.82. The Morgan fingerprint density at radius 3 is 2.25 bits per heavy atom. The third-order valence-corrected chi connectivity index (χ3v) is 7.17. The van der Waals surface area contributed by atoms with Crippen molar-refractivity contribution in [1.82, 2.24) is 0 Å². The molecule has 4 saturated carbocycles. The van der Waals surface area contributed by atoms with Crippen molar-refractivity contribution in [1.29, 1.82) is 0 Å². The zero-order chi connectivity index (χ0) is 11.6. The van der Waals surface area contributed by atoms with Crippen molar-refractivity contribution in [2.75, 3.05) is 0 Å². The van der Waals surface area contributed by atoms with Crippen molar-refractivity contribution in [3.8, 4) is 0 Å². The quantitative estimate of drug-likeness (QED) is 0.764. The lowest BCUT2D eigenvalue weighted by Crippen LogP contribution is -2.57. The van der Waals surface area contributed by atoms with Crippen LogP contribution in [-0.4, -0.2) is 15.1 Å². The van der Waals surface area contributed by atoms with E-state index in [0.29, 0.717) is 4.32 Å². The van der Waals surface area contributed by atoms with Gasteiger partial charge >= 0.3 is 0 Å². The second-order valence-corrected chi connectivity index (χ2v) is 8.84. The SMILES string of the molecule is NC(=O)[C@@H](Br)C12C[C@H]3C[C@@H](CC(Br)(C3)C1)C2. The second-order valence-electron chi connectivity index (χ2n) is 6.24. The van der Waals surface area contributed by atoms with Crippen molar-refractivity contribution in [3.05, 3.63) is 0 Å². The zero-order valence-electron chi connectivity index (χ0n) is 9.22. The average molecular weight is 351 g/mol. The van der Waals surface area contributed by atoms with Crippen molar-refractivity contribution in [3.63, 3.8) is 0 Å². The molecule has 0 aromatic carbocycles. The standard InChI is InChI=1S/C12H17Br2NO/c13-9(10(15)16)11-2-7-1-8(3-11)5-12(14,4-7)6-11/h7-9H,1-6H2,(H2,15,16)/t7-,8-,9-,11?,12?/m1/s1. The van der Waals surface area contributed by atoms with Crippen LogP contribution in [-0.2, 0) is 4.79 Å². The number of amides is 1. The minimum absolute atomic E-state index is 0.136. The molecule has 4 bridgehead atoms. The molecule has 4 heteroatoms. The summed E-state index contributed by atoms with van der Waals surface area (Å²) in [5, 5.41) is 0. The Bertz CT molecular complexity index is 330. The Morgan fingerprint density at radius 2 is 1.81 bits per heavy atom. The molecule has 0 radical (unpaired) electrons. The van der Waals surface area contributed by atoms with Gasteiger partial charge in [-0.3, -0.25) is 4.79 Å². The highest BCUT2D eigenvalue weighted by Crippen LogP contribution is 2.66. The molecule has 16 heavy (non-hydrogen) atoms. The summed E-state index contributed by atoms with van der Waals surface area (Å²) >= 11 is 7.50. The van der Waals surface area contributed by atoms with Gasteiger partial charge in [-0.25, -0.2) is 0 Å². The highest BCUT2D eigenvalue weighted by atomic mass is 79.9. The molecule has 0 aromatic heterocycles. The van der Waals surface area contributed by atoms with Gasteiger partial charge in [-0.15, -0.1) is 0 Å². The van der Waals surface area contributed by atoms with E-state index in [4.69, 9.17) is 5.73 Å². The van der Waals surface area contributed by atoms with E-state index in [0.717, 1.165) is 18.3 Å². The number of carbonyl (C=O) groups is 1. The van der Waals surface area contributed by atoms with E-state index >= 15 is 0 Å². The molecule has 90 valence electrons. The number of alkyl halides is 2. The molecular formula is C12H17Br2NO. The lowest BCUT2D eigenvalue weighted by molar-refractivity contribution is -0.123. The number of carbonyl (C=O) groups excluding carboxylic acids is 1. The fourth-order valence-corrected chi connectivity index (χ4v) is 6.83. The summed E-state index contributed by atoms with van der Waals surface area (Å²) in [6, 6.07) is 0. The molecule has 2 N–H and O–H groups in total. The molecule has 4 aliphatic rings. The lowest BCUT2D eigenvalue weighted by atomic mass is 9.48. The Kier molecular flexibility index (Phi) is 2.50. The Labute approximate surface area is 113 Å². The predicted octanol–water partition coefficient (Wildman–Crippen LogP) is 2.97. The first-order valence-corrected chi connectivity index (χ1v) is 7.76. The van der Waals surface area contributed by atoms with Gasteiger partial charge in [-0.1, -0.05) is 31.9 Å². The summed E-state index contributed by atoms with van der Waals surface area (Å²) in [4.78, 5) is 11.3. The maximum Gasteiger partial charge on any atom is 0.231 e. The van der Waals surface area contributed by atoms with E-state index in [-0.39, 0.29) is 16.1 Å². The van der Waals surface area contributed by atoms with Gasteiger partial charge in [-0.2, -0.15) is 0 Å². The highest BCUT2D eigenvalue weighted by Gasteiger charge is 2.59. The lowest BCUT2D eigenvalue weighted by Gasteiger charge is -2.61. The Hall–Kier alpha value is 0.430. The first-order valence-electron chi connectivity index (χ1n) is 6.05. The summed E-state index contributed by atoms with van der Waals surface area (Å²) in [6.45, 7) is 0. The topological polar surface area (TPSA) is 43.1 Å².